The minimum Gasteiger partial charge on any atom is -0.365 e. The zero-order valence-electron chi connectivity index (χ0n) is 8.42. The molecule has 0 atom stereocenters. The van der Waals surface area contributed by atoms with E-state index in [1.807, 2.05) is 6.07 Å². The van der Waals surface area contributed by atoms with Crippen molar-refractivity contribution in [2.75, 3.05) is 5.32 Å². The Morgan fingerprint density at radius 3 is 2.75 bits per heavy atom. The molecule has 5 heteroatoms. The minimum atomic E-state index is -0.514. The van der Waals surface area contributed by atoms with Gasteiger partial charge in [0.1, 0.15) is 5.82 Å². The van der Waals surface area contributed by atoms with Crippen molar-refractivity contribution in [3.05, 3.63) is 48.4 Å². The van der Waals surface area contributed by atoms with E-state index in [1.54, 1.807) is 36.8 Å². The first-order valence-corrected chi connectivity index (χ1v) is 4.69. The molecule has 0 bridgehead atoms. The Kier molecular flexibility index (Phi) is 2.77. The predicted molar refractivity (Wildman–Crippen MR) is 60.3 cm³/mol. The summed E-state index contributed by atoms with van der Waals surface area (Å²) in [6, 6.07) is 6.89. The van der Waals surface area contributed by atoms with Crippen LogP contribution in [0.5, 0.6) is 0 Å². The van der Waals surface area contributed by atoms with Crippen LogP contribution in [0, 0.1) is 0 Å². The van der Waals surface area contributed by atoms with E-state index < -0.39 is 5.91 Å². The lowest BCUT2D eigenvalue weighted by Crippen LogP contribution is -2.14. The normalized spacial score (nSPS) is 9.75. The van der Waals surface area contributed by atoms with E-state index >= 15 is 0 Å². The number of nitrogens with two attached hydrogens (primary N) is 1. The Labute approximate surface area is 92.3 Å². The molecule has 80 valence electrons. The average Bonchev–Trinajstić information content (AvgIpc) is 2.31. The zero-order chi connectivity index (χ0) is 11.4. The summed E-state index contributed by atoms with van der Waals surface area (Å²) in [5.41, 5.74) is 6.34. The highest BCUT2D eigenvalue weighted by atomic mass is 16.1. The molecule has 2 heterocycles. The number of nitrogens with one attached hydrogen (secondary N) is 1. The number of amides is 1. The lowest BCUT2D eigenvalue weighted by molar-refractivity contribution is 0.100. The largest absolute Gasteiger partial charge is 0.365 e. The van der Waals surface area contributed by atoms with Crippen molar-refractivity contribution in [1.29, 1.82) is 0 Å². The number of anilines is 2. The average molecular weight is 214 g/mol. The van der Waals surface area contributed by atoms with Crippen LogP contribution in [-0.4, -0.2) is 15.9 Å². The fourth-order valence-electron chi connectivity index (χ4n) is 1.28. The van der Waals surface area contributed by atoms with Crippen molar-refractivity contribution < 1.29 is 4.79 Å². The standard InChI is InChI=1S/C11H10N4O/c12-10(16)9-4-2-6-14-11(9)15-8-3-1-5-13-7-8/h1-7H,(H2,12,16)(H,14,15). The van der Waals surface area contributed by atoms with Crippen molar-refractivity contribution in [3.63, 3.8) is 0 Å². The van der Waals surface area contributed by atoms with Gasteiger partial charge in [0.25, 0.3) is 5.91 Å². The van der Waals surface area contributed by atoms with Gasteiger partial charge >= 0.3 is 0 Å². The summed E-state index contributed by atoms with van der Waals surface area (Å²) >= 11 is 0. The topological polar surface area (TPSA) is 80.9 Å². The predicted octanol–water partition coefficient (Wildman–Crippen LogP) is 1.32. The van der Waals surface area contributed by atoms with Crippen LogP contribution in [-0.2, 0) is 0 Å². The number of rotatable bonds is 3. The Balaban J connectivity index is 2.31. The molecule has 2 rings (SSSR count). The molecule has 3 N–H and O–H groups in total. The van der Waals surface area contributed by atoms with Gasteiger partial charge in [0, 0.05) is 12.4 Å². The van der Waals surface area contributed by atoms with Crippen molar-refractivity contribution in [2.45, 2.75) is 0 Å². The van der Waals surface area contributed by atoms with Gasteiger partial charge in [-0.15, -0.1) is 0 Å². The number of primary amides is 1. The van der Waals surface area contributed by atoms with Crippen molar-refractivity contribution in [1.82, 2.24) is 9.97 Å². The van der Waals surface area contributed by atoms with Gasteiger partial charge in [-0.1, -0.05) is 0 Å². The second-order valence-electron chi connectivity index (χ2n) is 3.13. The summed E-state index contributed by atoms with van der Waals surface area (Å²) in [4.78, 5) is 19.1. The molecule has 0 aromatic carbocycles. The molecule has 0 spiro atoms. The summed E-state index contributed by atoms with van der Waals surface area (Å²) in [5, 5.41) is 2.98. The van der Waals surface area contributed by atoms with Gasteiger partial charge in [-0.3, -0.25) is 9.78 Å². The maximum absolute atomic E-state index is 11.1. The second kappa shape index (κ2) is 4.39. The molecule has 0 saturated carbocycles. The van der Waals surface area contributed by atoms with E-state index in [4.69, 9.17) is 5.73 Å². The minimum absolute atomic E-state index is 0.353. The third-order valence-electron chi connectivity index (χ3n) is 2.00. The summed E-state index contributed by atoms with van der Waals surface area (Å²) in [6.07, 6.45) is 4.89. The van der Waals surface area contributed by atoms with Crippen LogP contribution in [0.2, 0.25) is 0 Å². The van der Waals surface area contributed by atoms with Crippen LogP contribution in [0.3, 0.4) is 0 Å². The number of carbonyl (C=O) groups is 1. The van der Waals surface area contributed by atoms with Crippen molar-refractivity contribution >= 4 is 17.4 Å². The molecule has 0 saturated heterocycles. The number of hydrogen-bond donors (Lipinski definition) is 2. The van der Waals surface area contributed by atoms with E-state index in [0.29, 0.717) is 11.4 Å². The molecule has 2 aromatic heterocycles. The molecule has 1 amide bonds. The van der Waals surface area contributed by atoms with E-state index in [2.05, 4.69) is 15.3 Å². The van der Waals surface area contributed by atoms with E-state index in [9.17, 15) is 4.79 Å². The highest BCUT2D eigenvalue weighted by Crippen LogP contribution is 2.16. The van der Waals surface area contributed by atoms with Crippen LogP contribution >= 0.6 is 0 Å². The van der Waals surface area contributed by atoms with Crippen LogP contribution in [0.1, 0.15) is 10.4 Å². The van der Waals surface area contributed by atoms with E-state index in [-0.39, 0.29) is 0 Å². The third-order valence-corrected chi connectivity index (χ3v) is 2.00. The third kappa shape index (κ3) is 2.14. The maximum atomic E-state index is 11.1. The van der Waals surface area contributed by atoms with Gasteiger partial charge in [0.2, 0.25) is 0 Å². The molecule has 2 aromatic rings. The first-order chi connectivity index (χ1) is 7.77. The molecular formula is C11H10N4O. The molecule has 5 nitrogen and oxygen atoms in total. The Bertz CT molecular complexity index is 498. The SMILES string of the molecule is NC(=O)c1cccnc1Nc1cccnc1. The Morgan fingerprint density at radius 1 is 1.25 bits per heavy atom. The van der Waals surface area contributed by atoms with Gasteiger partial charge in [0.15, 0.2) is 0 Å². The number of carbonyl (C=O) groups excluding carboxylic acids is 1. The van der Waals surface area contributed by atoms with Crippen LogP contribution in [0.4, 0.5) is 11.5 Å². The molecule has 0 unspecified atom stereocenters. The highest BCUT2D eigenvalue weighted by Gasteiger charge is 2.08. The van der Waals surface area contributed by atoms with Gasteiger partial charge in [0.05, 0.1) is 17.4 Å². The molecule has 0 fully saturated rings. The van der Waals surface area contributed by atoms with Gasteiger partial charge in [-0.25, -0.2) is 4.98 Å². The van der Waals surface area contributed by atoms with Crippen LogP contribution in [0.25, 0.3) is 0 Å². The molecule has 0 aliphatic heterocycles. The zero-order valence-corrected chi connectivity index (χ0v) is 8.42. The molecule has 0 aliphatic carbocycles. The lowest BCUT2D eigenvalue weighted by Gasteiger charge is -2.07. The second-order valence-corrected chi connectivity index (χ2v) is 3.13. The van der Waals surface area contributed by atoms with E-state index in [0.717, 1.165) is 5.69 Å². The van der Waals surface area contributed by atoms with Gasteiger partial charge < -0.3 is 11.1 Å². The number of nitrogens with zero attached hydrogens (tertiary/aromatic N) is 2. The Morgan fingerprint density at radius 2 is 2.06 bits per heavy atom. The first kappa shape index (κ1) is 10.1. The first-order valence-electron chi connectivity index (χ1n) is 4.69. The quantitative estimate of drug-likeness (QED) is 0.807. The lowest BCUT2D eigenvalue weighted by atomic mass is 10.2. The van der Waals surface area contributed by atoms with Gasteiger partial charge in [-0.2, -0.15) is 0 Å². The maximum Gasteiger partial charge on any atom is 0.252 e. The summed E-state index contributed by atoms with van der Waals surface area (Å²) in [5.74, 6) is -0.0810. The number of hydrogen-bond acceptors (Lipinski definition) is 4. The molecular weight excluding hydrogens is 204 g/mol. The fraction of sp³-hybridized carbons (Fsp3) is 0. The van der Waals surface area contributed by atoms with Crippen molar-refractivity contribution in [3.8, 4) is 0 Å². The summed E-state index contributed by atoms with van der Waals surface area (Å²) in [6.45, 7) is 0. The van der Waals surface area contributed by atoms with Gasteiger partial charge in [-0.05, 0) is 24.3 Å². The number of pyridine rings is 2. The van der Waals surface area contributed by atoms with E-state index in [1.165, 1.54) is 0 Å². The summed E-state index contributed by atoms with van der Waals surface area (Å²) in [7, 11) is 0. The Hall–Kier alpha value is -2.43. The van der Waals surface area contributed by atoms with Crippen molar-refractivity contribution in [2.24, 2.45) is 5.73 Å². The molecule has 0 radical (unpaired) electrons. The smallest absolute Gasteiger partial charge is 0.252 e. The van der Waals surface area contributed by atoms with Crippen LogP contribution < -0.4 is 11.1 Å². The highest BCUT2D eigenvalue weighted by molar-refractivity contribution is 5.98. The monoisotopic (exact) mass is 214 g/mol. The number of aromatic nitrogens is 2. The van der Waals surface area contributed by atoms with Crippen LogP contribution in [0.15, 0.2) is 42.9 Å². The summed E-state index contributed by atoms with van der Waals surface area (Å²) < 4.78 is 0. The molecule has 0 aliphatic rings. The fourth-order valence-corrected chi connectivity index (χ4v) is 1.28. The molecule has 16 heavy (non-hydrogen) atoms.